The molecular formula is C18H26N4O2. The minimum absolute atomic E-state index is 0.0157. The van der Waals surface area contributed by atoms with Gasteiger partial charge in [0.1, 0.15) is 5.69 Å². The average molecular weight is 330 g/mol. The Bertz CT molecular complexity index is 590. The van der Waals surface area contributed by atoms with Gasteiger partial charge in [0.05, 0.1) is 0 Å². The summed E-state index contributed by atoms with van der Waals surface area (Å²) < 4.78 is 0. The van der Waals surface area contributed by atoms with E-state index in [9.17, 15) is 9.59 Å². The molecule has 0 saturated carbocycles. The van der Waals surface area contributed by atoms with Crippen molar-refractivity contribution in [3.63, 3.8) is 0 Å². The number of piperidine rings is 1. The van der Waals surface area contributed by atoms with E-state index < -0.39 is 0 Å². The van der Waals surface area contributed by atoms with Gasteiger partial charge in [-0.05, 0) is 37.9 Å². The number of likely N-dealkylation sites (tertiary alicyclic amines) is 1. The van der Waals surface area contributed by atoms with Gasteiger partial charge >= 0.3 is 0 Å². The summed E-state index contributed by atoms with van der Waals surface area (Å²) in [6.07, 6.45) is 4.88. The first kappa shape index (κ1) is 16.9. The summed E-state index contributed by atoms with van der Waals surface area (Å²) in [6.45, 7) is 8.00. The Labute approximate surface area is 143 Å². The number of carbonyl (C=O) groups is 2. The molecule has 0 aromatic carbocycles. The zero-order valence-electron chi connectivity index (χ0n) is 14.4. The summed E-state index contributed by atoms with van der Waals surface area (Å²) in [7, 11) is 0. The Kier molecular flexibility index (Phi) is 5.45. The number of rotatable bonds is 3. The lowest BCUT2D eigenvalue weighted by molar-refractivity contribution is 0.0637. The van der Waals surface area contributed by atoms with Crippen LogP contribution in [0.15, 0.2) is 18.3 Å². The van der Waals surface area contributed by atoms with Crippen LogP contribution >= 0.6 is 0 Å². The average Bonchev–Trinajstić information content (AvgIpc) is 2.67. The van der Waals surface area contributed by atoms with E-state index in [4.69, 9.17) is 0 Å². The molecule has 0 spiro atoms. The van der Waals surface area contributed by atoms with Crippen molar-refractivity contribution in [1.82, 2.24) is 19.7 Å². The van der Waals surface area contributed by atoms with E-state index >= 15 is 0 Å². The molecule has 3 heterocycles. The van der Waals surface area contributed by atoms with Crippen molar-refractivity contribution in [3.05, 3.63) is 29.6 Å². The number of nitrogens with zero attached hydrogens (tertiary/aromatic N) is 4. The Balaban J connectivity index is 1.68. The third-order valence-electron chi connectivity index (χ3n) is 4.98. The predicted molar refractivity (Wildman–Crippen MR) is 92.0 cm³/mol. The molecule has 2 aliphatic heterocycles. The minimum atomic E-state index is -0.0703. The minimum Gasteiger partial charge on any atom is -0.339 e. The number of piperazine rings is 1. The topological polar surface area (TPSA) is 56.8 Å². The second-order valence-electron chi connectivity index (χ2n) is 6.51. The van der Waals surface area contributed by atoms with Gasteiger partial charge in [-0.25, -0.2) is 0 Å². The molecule has 24 heavy (non-hydrogen) atoms. The van der Waals surface area contributed by atoms with Crippen LogP contribution in [0.3, 0.4) is 0 Å². The van der Waals surface area contributed by atoms with Crippen LogP contribution in [0.25, 0.3) is 0 Å². The Morgan fingerprint density at radius 1 is 0.958 bits per heavy atom. The quantitative estimate of drug-likeness (QED) is 0.842. The van der Waals surface area contributed by atoms with Gasteiger partial charge in [0.2, 0.25) is 0 Å². The highest BCUT2D eigenvalue weighted by Crippen LogP contribution is 2.14. The fourth-order valence-electron chi connectivity index (χ4n) is 3.39. The van der Waals surface area contributed by atoms with Gasteiger partial charge in [-0.3, -0.25) is 14.6 Å². The Hall–Kier alpha value is -1.95. The van der Waals surface area contributed by atoms with Crippen LogP contribution in [-0.4, -0.2) is 77.3 Å². The molecule has 6 heteroatoms. The number of hydrogen-bond acceptors (Lipinski definition) is 4. The summed E-state index contributed by atoms with van der Waals surface area (Å²) in [5.74, 6) is -0.0546. The SMILES string of the molecule is CCN1CCN(C(=O)c2cc(C(=O)N3CCCCC3)ccn2)CC1. The summed E-state index contributed by atoms with van der Waals surface area (Å²) in [4.78, 5) is 35.5. The lowest BCUT2D eigenvalue weighted by atomic mass is 10.1. The monoisotopic (exact) mass is 330 g/mol. The molecule has 1 aromatic rings. The largest absolute Gasteiger partial charge is 0.339 e. The lowest BCUT2D eigenvalue weighted by Crippen LogP contribution is -2.48. The number of carbonyl (C=O) groups excluding carboxylic acids is 2. The van der Waals surface area contributed by atoms with E-state index in [0.717, 1.165) is 58.7 Å². The first-order chi connectivity index (χ1) is 11.7. The summed E-state index contributed by atoms with van der Waals surface area (Å²) >= 11 is 0. The Morgan fingerprint density at radius 3 is 2.29 bits per heavy atom. The van der Waals surface area contributed by atoms with Crippen molar-refractivity contribution in [2.45, 2.75) is 26.2 Å². The highest BCUT2D eigenvalue weighted by Gasteiger charge is 2.24. The molecule has 3 rings (SSSR count). The van der Waals surface area contributed by atoms with Crippen molar-refractivity contribution in [2.24, 2.45) is 0 Å². The van der Waals surface area contributed by atoms with Crippen molar-refractivity contribution >= 4 is 11.8 Å². The van der Waals surface area contributed by atoms with Crippen LogP contribution in [0.2, 0.25) is 0 Å². The molecule has 0 bridgehead atoms. The van der Waals surface area contributed by atoms with Crippen LogP contribution in [-0.2, 0) is 0 Å². The first-order valence-corrected chi connectivity index (χ1v) is 8.96. The third-order valence-corrected chi connectivity index (χ3v) is 4.98. The van der Waals surface area contributed by atoms with E-state index in [0.29, 0.717) is 11.3 Å². The number of hydrogen-bond donors (Lipinski definition) is 0. The molecule has 1 aromatic heterocycles. The van der Waals surface area contributed by atoms with Crippen LogP contribution < -0.4 is 0 Å². The van der Waals surface area contributed by atoms with Crippen LogP contribution in [0, 0.1) is 0 Å². The molecule has 2 amide bonds. The van der Waals surface area contributed by atoms with Gasteiger partial charge < -0.3 is 14.7 Å². The predicted octanol–water partition coefficient (Wildman–Crippen LogP) is 1.49. The van der Waals surface area contributed by atoms with Crippen LogP contribution in [0.5, 0.6) is 0 Å². The summed E-state index contributed by atoms with van der Waals surface area (Å²) in [5.41, 5.74) is 0.949. The van der Waals surface area contributed by atoms with Gasteiger partial charge in [0, 0.05) is 51.0 Å². The maximum Gasteiger partial charge on any atom is 0.272 e. The normalized spacial score (nSPS) is 19.4. The van der Waals surface area contributed by atoms with E-state index in [1.54, 1.807) is 18.3 Å². The highest BCUT2D eigenvalue weighted by atomic mass is 16.2. The fraction of sp³-hybridized carbons (Fsp3) is 0.611. The summed E-state index contributed by atoms with van der Waals surface area (Å²) in [5, 5.41) is 0. The van der Waals surface area contributed by atoms with E-state index in [-0.39, 0.29) is 11.8 Å². The lowest BCUT2D eigenvalue weighted by Gasteiger charge is -2.33. The maximum atomic E-state index is 12.7. The molecule has 130 valence electrons. The molecule has 0 N–H and O–H groups in total. The van der Waals surface area contributed by atoms with Crippen molar-refractivity contribution in [1.29, 1.82) is 0 Å². The molecule has 6 nitrogen and oxygen atoms in total. The molecule has 0 radical (unpaired) electrons. The summed E-state index contributed by atoms with van der Waals surface area (Å²) in [6, 6.07) is 3.37. The molecule has 0 atom stereocenters. The number of amides is 2. The highest BCUT2D eigenvalue weighted by molar-refractivity contribution is 5.98. The van der Waals surface area contributed by atoms with Gasteiger partial charge in [0.15, 0.2) is 0 Å². The van der Waals surface area contributed by atoms with Crippen molar-refractivity contribution in [3.8, 4) is 0 Å². The number of aromatic nitrogens is 1. The fourth-order valence-corrected chi connectivity index (χ4v) is 3.39. The zero-order chi connectivity index (χ0) is 16.9. The maximum absolute atomic E-state index is 12.7. The molecule has 2 fully saturated rings. The van der Waals surface area contributed by atoms with Crippen LogP contribution in [0.4, 0.5) is 0 Å². The molecule has 0 aliphatic carbocycles. The van der Waals surface area contributed by atoms with Crippen LogP contribution in [0.1, 0.15) is 47.0 Å². The zero-order valence-corrected chi connectivity index (χ0v) is 14.4. The van der Waals surface area contributed by atoms with E-state index in [1.165, 1.54) is 6.42 Å². The third kappa shape index (κ3) is 3.75. The molecule has 0 unspecified atom stereocenters. The van der Waals surface area contributed by atoms with E-state index in [1.807, 2.05) is 9.80 Å². The molecule has 2 saturated heterocycles. The van der Waals surface area contributed by atoms with E-state index in [2.05, 4.69) is 16.8 Å². The Morgan fingerprint density at radius 2 is 1.62 bits per heavy atom. The second-order valence-corrected chi connectivity index (χ2v) is 6.51. The van der Waals surface area contributed by atoms with Crippen molar-refractivity contribution < 1.29 is 9.59 Å². The van der Waals surface area contributed by atoms with Crippen molar-refractivity contribution in [2.75, 3.05) is 45.8 Å². The standard InChI is InChI=1S/C18H26N4O2/c1-2-20-10-12-22(13-11-20)18(24)16-14-15(6-7-19-16)17(23)21-8-4-3-5-9-21/h6-7,14H,2-5,8-13H2,1H3. The second kappa shape index (κ2) is 7.75. The smallest absolute Gasteiger partial charge is 0.272 e. The van der Waals surface area contributed by atoms with Gasteiger partial charge in [0.25, 0.3) is 11.8 Å². The molecule has 2 aliphatic rings. The van der Waals surface area contributed by atoms with Gasteiger partial charge in [-0.1, -0.05) is 6.92 Å². The number of pyridine rings is 1. The number of likely N-dealkylation sites (N-methyl/N-ethyl adjacent to an activating group) is 1. The van der Waals surface area contributed by atoms with Gasteiger partial charge in [-0.2, -0.15) is 0 Å². The molecular weight excluding hydrogens is 304 g/mol. The first-order valence-electron chi connectivity index (χ1n) is 8.96. The van der Waals surface area contributed by atoms with Gasteiger partial charge in [-0.15, -0.1) is 0 Å².